The molecule has 0 atom stereocenters. The smallest absolute Gasteiger partial charge is 0.294 e. The lowest BCUT2D eigenvalue weighted by atomic mass is 10.2. The van der Waals surface area contributed by atoms with Crippen LogP contribution in [0.2, 0.25) is 0 Å². The highest BCUT2D eigenvalue weighted by atomic mass is 16.5. The highest BCUT2D eigenvalue weighted by Crippen LogP contribution is 2.24. The standard InChI is InChI=1S/C11H12N2O2/c1-12-11-13-10(7-15-11)8-4-3-5-9(6-8)14-2/h3-7H,1-2H3,(H,12,13). The lowest BCUT2D eigenvalue weighted by Crippen LogP contribution is -1.87. The van der Waals surface area contributed by atoms with Gasteiger partial charge >= 0.3 is 0 Å². The van der Waals surface area contributed by atoms with Crippen LogP contribution in [0.5, 0.6) is 5.75 Å². The fraction of sp³-hybridized carbons (Fsp3) is 0.182. The van der Waals surface area contributed by atoms with Crippen molar-refractivity contribution in [1.82, 2.24) is 4.98 Å². The molecule has 0 saturated heterocycles. The summed E-state index contributed by atoms with van der Waals surface area (Å²) in [6, 6.07) is 8.19. The van der Waals surface area contributed by atoms with E-state index in [4.69, 9.17) is 9.15 Å². The van der Waals surface area contributed by atoms with E-state index in [-0.39, 0.29) is 0 Å². The summed E-state index contributed by atoms with van der Waals surface area (Å²) in [6.07, 6.45) is 1.61. The molecule has 0 spiro atoms. The predicted octanol–water partition coefficient (Wildman–Crippen LogP) is 2.39. The molecule has 2 rings (SSSR count). The number of hydrogen-bond acceptors (Lipinski definition) is 4. The van der Waals surface area contributed by atoms with Crippen molar-refractivity contribution in [3.05, 3.63) is 30.5 Å². The summed E-state index contributed by atoms with van der Waals surface area (Å²) in [6.45, 7) is 0. The maximum atomic E-state index is 5.18. The Morgan fingerprint density at radius 2 is 2.27 bits per heavy atom. The molecule has 1 aromatic heterocycles. The van der Waals surface area contributed by atoms with Gasteiger partial charge in [0.05, 0.1) is 7.11 Å². The average molecular weight is 204 g/mol. The van der Waals surface area contributed by atoms with Crippen LogP contribution in [-0.2, 0) is 0 Å². The second kappa shape index (κ2) is 4.04. The minimum Gasteiger partial charge on any atom is -0.497 e. The molecule has 4 heteroatoms. The Hall–Kier alpha value is -1.97. The number of benzene rings is 1. The minimum absolute atomic E-state index is 0.507. The van der Waals surface area contributed by atoms with Crippen molar-refractivity contribution < 1.29 is 9.15 Å². The molecular formula is C11H12N2O2. The number of nitrogens with one attached hydrogen (secondary N) is 1. The van der Waals surface area contributed by atoms with Crippen molar-refractivity contribution in [1.29, 1.82) is 0 Å². The second-order valence-electron chi connectivity index (χ2n) is 3.02. The number of anilines is 1. The monoisotopic (exact) mass is 204 g/mol. The number of nitrogens with zero attached hydrogens (tertiary/aromatic N) is 1. The van der Waals surface area contributed by atoms with Crippen LogP contribution >= 0.6 is 0 Å². The third-order valence-corrected chi connectivity index (χ3v) is 2.08. The second-order valence-corrected chi connectivity index (χ2v) is 3.02. The zero-order valence-corrected chi connectivity index (χ0v) is 8.65. The first-order valence-electron chi connectivity index (χ1n) is 4.61. The van der Waals surface area contributed by atoms with Gasteiger partial charge < -0.3 is 14.5 Å². The summed E-state index contributed by atoms with van der Waals surface area (Å²) >= 11 is 0. The molecule has 0 bridgehead atoms. The summed E-state index contributed by atoms with van der Waals surface area (Å²) < 4.78 is 10.3. The fourth-order valence-corrected chi connectivity index (χ4v) is 1.30. The molecule has 15 heavy (non-hydrogen) atoms. The molecule has 2 aromatic rings. The molecule has 0 aliphatic carbocycles. The maximum absolute atomic E-state index is 5.18. The first-order chi connectivity index (χ1) is 7.33. The zero-order valence-electron chi connectivity index (χ0n) is 8.65. The molecule has 0 aliphatic rings. The van der Waals surface area contributed by atoms with E-state index in [0.29, 0.717) is 6.01 Å². The van der Waals surface area contributed by atoms with Gasteiger partial charge in [-0.15, -0.1) is 0 Å². The van der Waals surface area contributed by atoms with Crippen LogP contribution in [0.25, 0.3) is 11.3 Å². The Labute approximate surface area is 87.9 Å². The maximum Gasteiger partial charge on any atom is 0.294 e. The molecule has 4 nitrogen and oxygen atoms in total. The fourth-order valence-electron chi connectivity index (χ4n) is 1.30. The molecule has 0 aliphatic heterocycles. The van der Waals surface area contributed by atoms with E-state index in [1.54, 1.807) is 20.4 Å². The van der Waals surface area contributed by atoms with Gasteiger partial charge in [0.2, 0.25) is 0 Å². The van der Waals surface area contributed by atoms with Crippen molar-refractivity contribution >= 4 is 6.01 Å². The zero-order chi connectivity index (χ0) is 10.7. The van der Waals surface area contributed by atoms with E-state index < -0.39 is 0 Å². The molecule has 0 saturated carbocycles. The summed E-state index contributed by atoms with van der Waals surface area (Å²) in [4.78, 5) is 4.24. The lowest BCUT2D eigenvalue weighted by molar-refractivity contribution is 0.415. The quantitative estimate of drug-likeness (QED) is 0.833. The Morgan fingerprint density at radius 1 is 1.40 bits per heavy atom. The number of rotatable bonds is 3. The summed E-state index contributed by atoms with van der Waals surface area (Å²) in [5, 5.41) is 2.84. The molecule has 0 amide bonds. The summed E-state index contributed by atoms with van der Waals surface area (Å²) in [5.74, 6) is 0.807. The van der Waals surface area contributed by atoms with Crippen molar-refractivity contribution in [3.8, 4) is 17.0 Å². The van der Waals surface area contributed by atoms with Gasteiger partial charge in [-0.25, -0.2) is 0 Å². The Kier molecular flexibility index (Phi) is 2.58. The van der Waals surface area contributed by atoms with E-state index in [1.165, 1.54) is 0 Å². The van der Waals surface area contributed by atoms with Crippen molar-refractivity contribution in [3.63, 3.8) is 0 Å². The topological polar surface area (TPSA) is 47.3 Å². The highest BCUT2D eigenvalue weighted by molar-refractivity contribution is 5.61. The van der Waals surface area contributed by atoms with Crippen LogP contribution in [0.1, 0.15) is 0 Å². The summed E-state index contributed by atoms with van der Waals surface area (Å²) in [5.41, 5.74) is 1.76. The van der Waals surface area contributed by atoms with E-state index in [1.807, 2.05) is 24.3 Å². The Bertz CT molecular complexity index is 451. The molecule has 78 valence electrons. The number of aromatic nitrogens is 1. The van der Waals surface area contributed by atoms with Crippen LogP contribution in [0.3, 0.4) is 0 Å². The van der Waals surface area contributed by atoms with E-state index in [2.05, 4.69) is 10.3 Å². The molecule has 1 aromatic carbocycles. The molecule has 0 unspecified atom stereocenters. The first kappa shape index (κ1) is 9.58. The third-order valence-electron chi connectivity index (χ3n) is 2.08. The minimum atomic E-state index is 0.507. The Morgan fingerprint density at radius 3 is 2.93 bits per heavy atom. The van der Waals surface area contributed by atoms with Crippen LogP contribution in [0.4, 0.5) is 6.01 Å². The van der Waals surface area contributed by atoms with Crippen LogP contribution in [-0.4, -0.2) is 19.1 Å². The number of hydrogen-bond donors (Lipinski definition) is 1. The van der Waals surface area contributed by atoms with Gasteiger partial charge in [-0.3, -0.25) is 0 Å². The largest absolute Gasteiger partial charge is 0.497 e. The number of methoxy groups -OCH3 is 1. The van der Waals surface area contributed by atoms with Crippen LogP contribution in [0, 0.1) is 0 Å². The average Bonchev–Trinajstić information content (AvgIpc) is 2.78. The van der Waals surface area contributed by atoms with Gasteiger partial charge in [0.1, 0.15) is 17.7 Å². The van der Waals surface area contributed by atoms with Crippen molar-refractivity contribution in [2.75, 3.05) is 19.5 Å². The van der Waals surface area contributed by atoms with Gasteiger partial charge in [0.25, 0.3) is 6.01 Å². The number of ether oxygens (including phenoxy) is 1. The van der Waals surface area contributed by atoms with Gasteiger partial charge in [-0.05, 0) is 12.1 Å². The molecule has 0 fully saturated rings. The van der Waals surface area contributed by atoms with Gasteiger partial charge in [-0.1, -0.05) is 12.1 Å². The van der Waals surface area contributed by atoms with E-state index in [0.717, 1.165) is 17.0 Å². The highest BCUT2D eigenvalue weighted by Gasteiger charge is 2.05. The molecule has 1 heterocycles. The van der Waals surface area contributed by atoms with Crippen molar-refractivity contribution in [2.45, 2.75) is 0 Å². The van der Waals surface area contributed by atoms with Gasteiger partial charge in [0, 0.05) is 12.6 Å². The van der Waals surface area contributed by atoms with Crippen molar-refractivity contribution in [2.24, 2.45) is 0 Å². The molecule has 1 N–H and O–H groups in total. The Balaban J connectivity index is 2.35. The predicted molar refractivity (Wildman–Crippen MR) is 58.0 cm³/mol. The molecular weight excluding hydrogens is 192 g/mol. The SMILES string of the molecule is CNc1nc(-c2cccc(OC)c2)co1. The normalized spacial score (nSPS) is 10.0. The number of oxazole rings is 1. The van der Waals surface area contributed by atoms with Crippen LogP contribution < -0.4 is 10.1 Å². The van der Waals surface area contributed by atoms with Gasteiger partial charge in [0.15, 0.2) is 0 Å². The van der Waals surface area contributed by atoms with Gasteiger partial charge in [-0.2, -0.15) is 4.98 Å². The molecule has 0 radical (unpaired) electrons. The van der Waals surface area contributed by atoms with E-state index >= 15 is 0 Å². The first-order valence-corrected chi connectivity index (χ1v) is 4.61. The third kappa shape index (κ3) is 1.93. The summed E-state index contributed by atoms with van der Waals surface area (Å²) in [7, 11) is 3.40. The van der Waals surface area contributed by atoms with Crippen LogP contribution in [0.15, 0.2) is 34.9 Å². The van der Waals surface area contributed by atoms with E-state index in [9.17, 15) is 0 Å². The lowest BCUT2D eigenvalue weighted by Gasteiger charge is -2.00.